The molecule has 7 rings (SSSR count). The van der Waals surface area contributed by atoms with Crippen LogP contribution in [0.15, 0.2) is 113 Å². The van der Waals surface area contributed by atoms with E-state index < -0.39 is 0 Å². The molecule has 0 aromatic heterocycles. The van der Waals surface area contributed by atoms with Gasteiger partial charge in [0, 0.05) is 31.9 Å². The van der Waals surface area contributed by atoms with Crippen molar-refractivity contribution in [3.05, 3.63) is 124 Å². The highest BCUT2D eigenvalue weighted by atomic mass is 15.2. The van der Waals surface area contributed by atoms with Crippen molar-refractivity contribution in [2.75, 3.05) is 19.6 Å². The summed E-state index contributed by atoms with van der Waals surface area (Å²) in [7, 11) is 0. The van der Waals surface area contributed by atoms with Crippen LogP contribution in [0.2, 0.25) is 0 Å². The fraction of sp³-hybridized carbons (Fsp3) is 0.463. The molecule has 0 radical (unpaired) electrons. The zero-order valence-electron chi connectivity index (χ0n) is 26.5. The van der Waals surface area contributed by atoms with Gasteiger partial charge < -0.3 is 5.32 Å². The van der Waals surface area contributed by atoms with Crippen molar-refractivity contribution in [1.82, 2.24) is 10.2 Å². The molecular weight excluding hydrogens is 520 g/mol. The van der Waals surface area contributed by atoms with Gasteiger partial charge in [-0.15, -0.1) is 0 Å². The van der Waals surface area contributed by atoms with Crippen LogP contribution in [0, 0.1) is 11.8 Å². The quantitative estimate of drug-likeness (QED) is 0.363. The van der Waals surface area contributed by atoms with Crippen LogP contribution in [-0.2, 0) is 0 Å². The number of hydrogen-bond acceptors (Lipinski definition) is 2. The minimum absolute atomic E-state index is 0.499. The van der Waals surface area contributed by atoms with E-state index in [0.29, 0.717) is 12.0 Å². The Balaban J connectivity index is 1.32. The third-order valence-electron chi connectivity index (χ3n) is 11.4. The van der Waals surface area contributed by atoms with E-state index in [1.54, 1.807) is 11.1 Å². The van der Waals surface area contributed by atoms with Gasteiger partial charge in [-0.25, -0.2) is 0 Å². The standard InChI is InChI=1S/C41H50N2/c1-29-19-20-35(33-23-21-32(22-24-33)31-11-4-3-5-12-31)27-43(41-18-10-14-34-13-6-7-16-38(34)41)28-40(36-25-42-26-36)39-17-9-8-15-37(39)30(29)2/h3-4,8,10,15,18-25,31,34,38,41-42H,5-7,9,11-14,16-17,26-28H2,1-2H3/b29-19+,35-20+,37-30+,40-39+/t31-,34?,38?,41?/m1/s1. The second-order valence-electron chi connectivity index (χ2n) is 13.9. The highest BCUT2D eigenvalue weighted by molar-refractivity contribution is 5.70. The van der Waals surface area contributed by atoms with Crippen LogP contribution >= 0.6 is 0 Å². The van der Waals surface area contributed by atoms with Crippen molar-refractivity contribution in [2.24, 2.45) is 11.8 Å². The van der Waals surface area contributed by atoms with E-state index in [1.165, 1.54) is 90.4 Å². The monoisotopic (exact) mass is 570 g/mol. The topological polar surface area (TPSA) is 15.3 Å². The summed E-state index contributed by atoms with van der Waals surface area (Å²) in [4.78, 5) is 2.88. The van der Waals surface area contributed by atoms with E-state index in [9.17, 15) is 0 Å². The second kappa shape index (κ2) is 12.9. The molecule has 6 aliphatic rings. The normalized spacial score (nSPS) is 35.6. The maximum absolute atomic E-state index is 3.47. The van der Waals surface area contributed by atoms with Crippen LogP contribution in [-0.4, -0.2) is 30.6 Å². The van der Waals surface area contributed by atoms with Crippen LogP contribution < -0.4 is 5.32 Å². The Hall–Kier alpha value is -3.10. The fourth-order valence-corrected chi connectivity index (χ4v) is 8.58. The predicted octanol–water partition coefficient (Wildman–Crippen LogP) is 9.74. The number of benzene rings is 1. The Morgan fingerprint density at radius 1 is 0.791 bits per heavy atom. The molecule has 0 bridgehead atoms. The molecule has 2 aliphatic heterocycles. The van der Waals surface area contributed by atoms with Gasteiger partial charge in [0.1, 0.15) is 0 Å². The molecular formula is C41H50N2. The SMILES string of the molecule is CC1=C\C=C(\c2ccc([C@@H]3CC=CCC3)cc2)CN(C2C=CCC3CCCCC32)C/C(C2=CNC2)=C2/CCC=C/C2=C\1C. The van der Waals surface area contributed by atoms with Crippen molar-refractivity contribution in [3.63, 3.8) is 0 Å². The molecule has 1 aromatic rings. The first kappa shape index (κ1) is 28.7. The van der Waals surface area contributed by atoms with Crippen LogP contribution in [0.5, 0.6) is 0 Å². The van der Waals surface area contributed by atoms with Gasteiger partial charge in [-0.3, -0.25) is 4.90 Å². The van der Waals surface area contributed by atoms with E-state index in [4.69, 9.17) is 0 Å². The molecule has 1 N–H and O–H groups in total. The lowest BCUT2D eigenvalue weighted by Gasteiger charge is -2.45. The Morgan fingerprint density at radius 3 is 2.44 bits per heavy atom. The molecule has 2 heteroatoms. The number of allylic oxidation sites excluding steroid dienone is 11. The molecule has 1 saturated carbocycles. The molecule has 224 valence electrons. The summed E-state index contributed by atoms with van der Waals surface area (Å²) in [6, 6.07) is 10.2. The van der Waals surface area contributed by atoms with Gasteiger partial charge in [-0.2, -0.15) is 0 Å². The van der Waals surface area contributed by atoms with Gasteiger partial charge in [0.25, 0.3) is 0 Å². The fourth-order valence-electron chi connectivity index (χ4n) is 8.58. The molecule has 0 saturated heterocycles. The first-order chi connectivity index (χ1) is 21.2. The molecule has 4 atom stereocenters. The van der Waals surface area contributed by atoms with Gasteiger partial charge in [0.2, 0.25) is 0 Å². The van der Waals surface area contributed by atoms with E-state index in [2.05, 4.69) is 103 Å². The summed E-state index contributed by atoms with van der Waals surface area (Å²) >= 11 is 0. The Labute approximate surface area is 260 Å². The number of fused-ring (bicyclic) bond motifs is 2. The molecule has 2 heterocycles. The molecule has 43 heavy (non-hydrogen) atoms. The second-order valence-corrected chi connectivity index (χ2v) is 13.9. The van der Waals surface area contributed by atoms with Gasteiger partial charge in [0.15, 0.2) is 0 Å². The summed E-state index contributed by atoms with van der Waals surface area (Å²) in [6.07, 6.45) is 34.6. The summed E-state index contributed by atoms with van der Waals surface area (Å²) in [5, 5.41) is 3.47. The van der Waals surface area contributed by atoms with Gasteiger partial charge in [0.05, 0.1) is 0 Å². The summed E-state index contributed by atoms with van der Waals surface area (Å²) in [5.74, 6) is 2.28. The van der Waals surface area contributed by atoms with Crippen LogP contribution in [0.4, 0.5) is 0 Å². The molecule has 1 fully saturated rings. The lowest BCUT2D eigenvalue weighted by Crippen LogP contribution is -2.47. The van der Waals surface area contributed by atoms with Crippen LogP contribution in [0.1, 0.15) is 95.1 Å². The average molecular weight is 571 g/mol. The van der Waals surface area contributed by atoms with Crippen molar-refractivity contribution < 1.29 is 0 Å². The minimum Gasteiger partial charge on any atom is -0.386 e. The highest BCUT2D eigenvalue weighted by Gasteiger charge is 2.37. The van der Waals surface area contributed by atoms with Crippen LogP contribution in [0.3, 0.4) is 0 Å². The zero-order valence-corrected chi connectivity index (χ0v) is 26.5. The van der Waals surface area contributed by atoms with Crippen molar-refractivity contribution >= 4 is 5.57 Å². The molecule has 1 aromatic carbocycles. The molecule has 4 aliphatic carbocycles. The average Bonchev–Trinajstić information content (AvgIpc) is 3.06. The third-order valence-corrected chi connectivity index (χ3v) is 11.4. The molecule has 3 unspecified atom stereocenters. The smallest absolute Gasteiger partial charge is 0.0413 e. The largest absolute Gasteiger partial charge is 0.386 e. The van der Waals surface area contributed by atoms with Crippen molar-refractivity contribution in [1.29, 1.82) is 0 Å². The van der Waals surface area contributed by atoms with E-state index >= 15 is 0 Å². The van der Waals surface area contributed by atoms with Crippen molar-refractivity contribution in [2.45, 2.75) is 90.0 Å². The summed E-state index contributed by atoms with van der Waals surface area (Å²) < 4.78 is 0. The van der Waals surface area contributed by atoms with Gasteiger partial charge in [-0.1, -0.05) is 85.7 Å². The lowest BCUT2D eigenvalue weighted by atomic mass is 9.70. The third kappa shape index (κ3) is 6.01. The summed E-state index contributed by atoms with van der Waals surface area (Å²) in [5.41, 5.74) is 13.3. The minimum atomic E-state index is 0.499. The predicted molar refractivity (Wildman–Crippen MR) is 183 cm³/mol. The van der Waals surface area contributed by atoms with Crippen LogP contribution in [0.25, 0.3) is 5.57 Å². The van der Waals surface area contributed by atoms with Gasteiger partial charge in [-0.05, 0) is 133 Å². The maximum Gasteiger partial charge on any atom is 0.0413 e. The zero-order chi connectivity index (χ0) is 29.2. The van der Waals surface area contributed by atoms with Crippen molar-refractivity contribution in [3.8, 4) is 0 Å². The van der Waals surface area contributed by atoms with E-state index in [0.717, 1.165) is 44.3 Å². The number of nitrogens with one attached hydrogen (secondary N) is 1. The van der Waals surface area contributed by atoms with Gasteiger partial charge >= 0.3 is 0 Å². The Morgan fingerprint density at radius 2 is 1.65 bits per heavy atom. The molecule has 0 amide bonds. The first-order valence-electron chi connectivity index (χ1n) is 17.2. The first-order valence-corrected chi connectivity index (χ1v) is 17.2. The number of rotatable bonds is 4. The highest BCUT2D eigenvalue weighted by Crippen LogP contribution is 2.42. The lowest BCUT2D eigenvalue weighted by molar-refractivity contribution is 0.116. The summed E-state index contributed by atoms with van der Waals surface area (Å²) in [6.45, 7) is 7.65. The Bertz CT molecular complexity index is 1450. The Kier molecular flexibility index (Phi) is 8.58. The number of hydrogen-bond donors (Lipinski definition) is 1. The van der Waals surface area contributed by atoms with E-state index in [-0.39, 0.29) is 0 Å². The number of nitrogens with zero attached hydrogens (tertiary/aromatic N) is 1. The van der Waals surface area contributed by atoms with E-state index in [1.807, 2.05) is 0 Å². The molecule has 0 spiro atoms. The maximum atomic E-state index is 3.47. The molecule has 2 nitrogen and oxygen atoms in total.